The van der Waals surface area contributed by atoms with Crippen molar-refractivity contribution in [2.75, 3.05) is 12.4 Å². The van der Waals surface area contributed by atoms with E-state index in [9.17, 15) is 0 Å². The van der Waals surface area contributed by atoms with Crippen LogP contribution in [0.4, 0.5) is 5.69 Å². The van der Waals surface area contributed by atoms with Gasteiger partial charge in [0.1, 0.15) is 5.75 Å². The lowest BCUT2D eigenvalue weighted by molar-refractivity contribution is 0.416. The van der Waals surface area contributed by atoms with Gasteiger partial charge in [0.2, 0.25) is 0 Å². The van der Waals surface area contributed by atoms with Crippen LogP contribution in [0.2, 0.25) is 0 Å². The average molecular weight is 405 g/mol. The molecule has 102 valence electrons. The fraction of sp³-hybridized carbons (Fsp3) is 0.286. The molecular formula is C14H15Br2NOS. The first-order valence-corrected chi connectivity index (χ1v) is 8.24. The number of nitrogens with one attached hydrogen (secondary N) is 1. The first-order chi connectivity index (χ1) is 9.01. The molecule has 0 saturated carbocycles. The quantitative estimate of drug-likeness (QED) is 0.725. The van der Waals surface area contributed by atoms with Gasteiger partial charge in [-0.1, -0.05) is 15.9 Å². The standard InChI is InChI=1S/C14H15Br2NOS/c1-8-4-10(15)5-13(18-3)14(8)17-7-11-6-12(16)9(2)19-11/h4-6,17H,7H2,1-3H3. The van der Waals surface area contributed by atoms with Crippen molar-refractivity contribution in [3.8, 4) is 5.75 Å². The van der Waals surface area contributed by atoms with Crippen LogP contribution in [-0.2, 0) is 6.54 Å². The zero-order chi connectivity index (χ0) is 14.0. The van der Waals surface area contributed by atoms with Gasteiger partial charge in [0.05, 0.1) is 12.8 Å². The molecule has 0 saturated heterocycles. The van der Waals surface area contributed by atoms with Crippen molar-refractivity contribution in [2.24, 2.45) is 0 Å². The molecule has 0 atom stereocenters. The first-order valence-electron chi connectivity index (χ1n) is 5.84. The Morgan fingerprint density at radius 1 is 1.21 bits per heavy atom. The third kappa shape index (κ3) is 3.52. The highest BCUT2D eigenvalue weighted by atomic mass is 79.9. The Morgan fingerprint density at radius 2 is 1.95 bits per heavy atom. The van der Waals surface area contributed by atoms with E-state index in [1.165, 1.54) is 19.8 Å². The summed E-state index contributed by atoms with van der Waals surface area (Å²) in [6, 6.07) is 6.22. The van der Waals surface area contributed by atoms with Gasteiger partial charge in [0, 0.05) is 25.2 Å². The van der Waals surface area contributed by atoms with Gasteiger partial charge in [-0.15, -0.1) is 11.3 Å². The minimum atomic E-state index is 0.802. The van der Waals surface area contributed by atoms with Crippen LogP contribution in [0.5, 0.6) is 5.75 Å². The molecule has 0 unspecified atom stereocenters. The Balaban J connectivity index is 2.19. The lowest BCUT2D eigenvalue weighted by Crippen LogP contribution is -2.02. The van der Waals surface area contributed by atoms with Gasteiger partial charge in [0.15, 0.2) is 0 Å². The zero-order valence-electron chi connectivity index (χ0n) is 11.0. The molecule has 0 fully saturated rings. The van der Waals surface area contributed by atoms with Gasteiger partial charge in [-0.05, 0) is 53.5 Å². The van der Waals surface area contributed by atoms with Crippen LogP contribution < -0.4 is 10.1 Å². The summed E-state index contributed by atoms with van der Waals surface area (Å²) in [5, 5.41) is 3.46. The number of anilines is 1. The van der Waals surface area contributed by atoms with Gasteiger partial charge < -0.3 is 10.1 Å². The van der Waals surface area contributed by atoms with Gasteiger partial charge in [0.25, 0.3) is 0 Å². The summed E-state index contributed by atoms with van der Waals surface area (Å²) in [5.74, 6) is 0.860. The van der Waals surface area contributed by atoms with Crippen LogP contribution >= 0.6 is 43.2 Å². The van der Waals surface area contributed by atoms with E-state index in [0.717, 1.165) is 22.5 Å². The predicted octanol–water partition coefficient (Wildman–Crippen LogP) is 5.51. The van der Waals surface area contributed by atoms with E-state index in [2.05, 4.69) is 63.2 Å². The summed E-state index contributed by atoms with van der Waals surface area (Å²) in [6.45, 7) is 4.99. The van der Waals surface area contributed by atoms with Crippen molar-refractivity contribution < 1.29 is 4.74 Å². The Morgan fingerprint density at radius 3 is 2.53 bits per heavy atom. The average Bonchev–Trinajstić information content (AvgIpc) is 2.66. The molecule has 1 heterocycles. The number of rotatable bonds is 4. The van der Waals surface area contributed by atoms with Crippen LogP contribution in [0.25, 0.3) is 0 Å². The molecule has 1 N–H and O–H groups in total. The fourth-order valence-corrected chi connectivity index (χ4v) is 3.97. The molecule has 0 aliphatic heterocycles. The normalized spacial score (nSPS) is 10.6. The fourth-order valence-electron chi connectivity index (χ4n) is 1.88. The molecule has 2 nitrogen and oxygen atoms in total. The molecule has 0 amide bonds. The highest BCUT2D eigenvalue weighted by molar-refractivity contribution is 9.10. The molecular weight excluding hydrogens is 390 g/mol. The minimum Gasteiger partial charge on any atom is -0.495 e. The van der Waals surface area contributed by atoms with Crippen molar-refractivity contribution in [3.63, 3.8) is 0 Å². The van der Waals surface area contributed by atoms with Crippen LogP contribution in [0.3, 0.4) is 0 Å². The van der Waals surface area contributed by atoms with Crippen LogP contribution in [0, 0.1) is 13.8 Å². The Kier molecular flexibility index (Phi) is 4.92. The summed E-state index contributed by atoms with van der Waals surface area (Å²) in [6.07, 6.45) is 0. The van der Waals surface area contributed by atoms with E-state index in [0.29, 0.717) is 0 Å². The number of methoxy groups -OCH3 is 1. The van der Waals surface area contributed by atoms with E-state index in [1.807, 2.05) is 6.07 Å². The Labute approximate surface area is 134 Å². The van der Waals surface area contributed by atoms with Crippen molar-refractivity contribution in [2.45, 2.75) is 20.4 Å². The number of hydrogen-bond donors (Lipinski definition) is 1. The third-order valence-electron chi connectivity index (χ3n) is 2.83. The predicted molar refractivity (Wildman–Crippen MR) is 89.5 cm³/mol. The molecule has 5 heteroatoms. The maximum atomic E-state index is 5.43. The Hall–Kier alpha value is -0.520. The highest BCUT2D eigenvalue weighted by Gasteiger charge is 2.09. The van der Waals surface area contributed by atoms with E-state index < -0.39 is 0 Å². The Bertz CT molecular complexity index is 576. The third-order valence-corrected chi connectivity index (χ3v) is 5.43. The number of hydrogen-bond acceptors (Lipinski definition) is 3. The molecule has 0 aliphatic rings. The zero-order valence-corrected chi connectivity index (χ0v) is 15.0. The maximum absolute atomic E-state index is 5.43. The molecule has 2 rings (SSSR count). The van der Waals surface area contributed by atoms with Gasteiger partial charge in [-0.3, -0.25) is 0 Å². The molecule has 1 aromatic carbocycles. The molecule has 0 radical (unpaired) electrons. The molecule has 0 spiro atoms. The smallest absolute Gasteiger partial charge is 0.143 e. The molecule has 0 aliphatic carbocycles. The number of aryl methyl sites for hydroxylation is 2. The van der Waals surface area contributed by atoms with Crippen LogP contribution in [0.1, 0.15) is 15.3 Å². The molecule has 0 bridgehead atoms. The van der Waals surface area contributed by atoms with Crippen LogP contribution in [-0.4, -0.2) is 7.11 Å². The van der Waals surface area contributed by atoms with E-state index >= 15 is 0 Å². The second-order valence-corrected chi connectivity index (χ2v) is 7.38. The summed E-state index contributed by atoms with van der Waals surface area (Å²) in [4.78, 5) is 2.60. The summed E-state index contributed by atoms with van der Waals surface area (Å²) in [5.41, 5.74) is 2.21. The molecule has 2 aromatic rings. The van der Waals surface area contributed by atoms with Crippen LogP contribution in [0.15, 0.2) is 27.1 Å². The number of ether oxygens (including phenoxy) is 1. The molecule has 1 aromatic heterocycles. The highest BCUT2D eigenvalue weighted by Crippen LogP contribution is 2.33. The van der Waals surface area contributed by atoms with E-state index in [1.54, 1.807) is 18.4 Å². The maximum Gasteiger partial charge on any atom is 0.143 e. The number of halogens is 2. The van der Waals surface area contributed by atoms with Crippen molar-refractivity contribution in [1.82, 2.24) is 0 Å². The van der Waals surface area contributed by atoms with Crippen molar-refractivity contribution in [1.29, 1.82) is 0 Å². The van der Waals surface area contributed by atoms with Crippen molar-refractivity contribution >= 4 is 48.9 Å². The van der Waals surface area contributed by atoms with E-state index in [-0.39, 0.29) is 0 Å². The summed E-state index contributed by atoms with van der Waals surface area (Å²) >= 11 is 8.83. The lowest BCUT2D eigenvalue weighted by atomic mass is 10.2. The summed E-state index contributed by atoms with van der Waals surface area (Å²) < 4.78 is 7.63. The van der Waals surface area contributed by atoms with Crippen molar-refractivity contribution in [3.05, 3.63) is 42.5 Å². The monoisotopic (exact) mass is 403 g/mol. The van der Waals surface area contributed by atoms with Gasteiger partial charge >= 0.3 is 0 Å². The SMILES string of the molecule is COc1cc(Br)cc(C)c1NCc1cc(Br)c(C)s1. The first kappa shape index (κ1) is 14.9. The van der Waals surface area contributed by atoms with Gasteiger partial charge in [-0.2, -0.15) is 0 Å². The number of benzene rings is 1. The van der Waals surface area contributed by atoms with E-state index in [4.69, 9.17) is 4.74 Å². The summed E-state index contributed by atoms with van der Waals surface area (Å²) in [7, 11) is 1.69. The lowest BCUT2D eigenvalue weighted by Gasteiger charge is -2.14. The largest absolute Gasteiger partial charge is 0.495 e. The second-order valence-electron chi connectivity index (χ2n) is 4.27. The number of thiophene rings is 1. The second kappa shape index (κ2) is 6.29. The molecule has 19 heavy (non-hydrogen) atoms. The minimum absolute atomic E-state index is 0.802. The van der Waals surface area contributed by atoms with Gasteiger partial charge in [-0.25, -0.2) is 0 Å². The topological polar surface area (TPSA) is 21.3 Å².